The number of carbonyl (C=O) groups excluding carboxylic acids is 1. The number of pyridine rings is 1. The number of amides is 1. The van der Waals surface area contributed by atoms with Crippen molar-refractivity contribution in [3.63, 3.8) is 0 Å². The summed E-state index contributed by atoms with van der Waals surface area (Å²) in [7, 11) is -3.52. The van der Waals surface area contributed by atoms with Crippen LogP contribution in [-0.2, 0) is 16.4 Å². The van der Waals surface area contributed by atoms with Crippen molar-refractivity contribution >= 4 is 54.0 Å². The number of halogens is 1. The van der Waals surface area contributed by atoms with Crippen LogP contribution in [0.3, 0.4) is 0 Å². The van der Waals surface area contributed by atoms with Crippen LogP contribution >= 0.6 is 22.9 Å². The highest BCUT2D eigenvalue weighted by Gasteiger charge is 2.25. The molecule has 0 radical (unpaired) electrons. The highest BCUT2D eigenvalue weighted by molar-refractivity contribution is 7.92. The van der Waals surface area contributed by atoms with Crippen molar-refractivity contribution in [2.75, 3.05) is 4.90 Å². The molecule has 0 atom stereocenters. The van der Waals surface area contributed by atoms with E-state index in [2.05, 4.69) is 4.98 Å². The summed E-state index contributed by atoms with van der Waals surface area (Å²) in [5.41, 5.74) is 2.84. The zero-order valence-electron chi connectivity index (χ0n) is 18.3. The summed E-state index contributed by atoms with van der Waals surface area (Å²) in [6, 6.07) is 13.5. The number of aryl methyl sites for hydroxylation is 1. The second-order valence-corrected chi connectivity index (χ2v) is 11.8. The molecule has 33 heavy (non-hydrogen) atoms. The first-order valence-corrected chi connectivity index (χ1v) is 13.0. The number of rotatable bonds is 6. The van der Waals surface area contributed by atoms with Crippen LogP contribution in [0.25, 0.3) is 10.2 Å². The molecule has 170 valence electrons. The molecule has 0 bridgehead atoms. The van der Waals surface area contributed by atoms with E-state index < -0.39 is 15.1 Å². The van der Waals surface area contributed by atoms with Gasteiger partial charge >= 0.3 is 0 Å². The Morgan fingerprint density at radius 3 is 2.52 bits per heavy atom. The molecule has 0 unspecified atom stereocenters. The van der Waals surface area contributed by atoms with Crippen molar-refractivity contribution in [2.45, 2.75) is 37.5 Å². The second-order valence-electron chi connectivity index (χ2n) is 7.91. The number of carbonyl (C=O) groups is 1. The molecule has 9 heteroatoms. The van der Waals surface area contributed by atoms with Crippen LogP contribution in [0.4, 0.5) is 5.13 Å². The summed E-state index contributed by atoms with van der Waals surface area (Å²) in [6.45, 7) is 5.43. The third-order valence-electron chi connectivity index (χ3n) is 5.28. The number of sulfone groups is 1. The molecule has 2 aromatic heterocycles. The van der Waals surface area contributed by atoms with E-state index in [9.17, 15) is 13.2 Å². The molecular weight excluding hydrogens is 478 g/mol. The molecule has 0 aliphatic rings. The summed E-state index contributed by atoms with van der Waals surface area (Å²) in [4.78, 5) is 24.1. The molecule has 4 aromatic rings. The predicted molar refractivity (Wildman–Crippen MR) is 133 cm³/mol. The van der Waals surface area contributed by atoms with Gasteiger partial charge in [-0.25, -0.2) is 13.4 Å². The molecule has 6 nitrogen and oxygen atoms in total. The lowest BCUT2D eigenvalue weighted by atomic mass is 10.2. The Morgan fingerprint density at radius 2 is 1.85 bits per heavy atom. The molecule has 0 aliphatic carbocycles. The number of hydrogen-bond donors (Lipinski definition) is 0. The molecule has 2 heterocycles. The van der Waals surface area contributed by atoms with Gasteiger partial charge in [-0.15, -0.1) is 0 Å². The Hall–Kier alpha value is -2.81. The average molecular weight is 500 g/mol. The first-order valence-electron chi connectivity index (χ1n) is 10.3. The lowest BCUT2D eigenvalue weighted by Gasteiger charge is -2.20. The van der Waals surface area contributed by atoms with Gasteiger partial charge in [0.2, 0.25) is 0 Å². The van der Waals surface area contributed by atoms with E-state index >= 15 is 0 Å². The van der Waals surface area contributed by atoms with Gasteiger partial charge < -0.3 is 0 Å². The van der Waals surface area contributed by atoms with Gasteiger partial charge in [0.05, 0.1) is 31.9 Å². The normalized spacial score (nSPS) is 11.8. The highest BCUT2D eigenvalue weighted by Crippen LogP contribution is 2.36. The van der Waals surface area contributed by atoms with Gasteiger partial charge in [-0.05, 0) is 68.3 Å². The van der Waals surface area contributed by atoms with Crippen molar-refractivity contribution in [3.05, 3.63) is 82.6 Å². The number of fused-ring (bicyclic) bond motifs is 1. The molecule has 4 rings (SSSR count). The standard InChI is InChI=1S/C24H22ClN3O3S2/c1-15(2)33(30,31)19-6-4-5-18(13-19)23(29)28(14-17-9-11-26-12-10-17)24-27-21-16(3)7-8-20(25)22(21)32-24/h4-13,15H,14H2,1-3H3. The number of nitrogens with zero attached hydrogens (tertiary/aromatic N) is 3. The van der Waals surface area contributed by atoms with Crippen LogP contribution < -0.4 is 4.90 Å². The molecular formula is C24H22ClN3O3S2. The summed E-state index contributed by atoms with van der Waals surface area (Å²) >= 11 is 7.73. The number of benzene rings is 2. The van der Waals surface area contributed by atoms with Gasteiger partial charge in [0.15, 0.2) is 15.0 Å². The van der Waals surface area contributed by atoms with Gasteiger partial charge in [0, 0.05) is 18.0 Å². The molecule has 0 spiro atoms. The smallest absolute Gasteiger partial charge is 0.260 e. The first kappa shape index (κ1) is 23.4. The fraction of sp³-hybridized carbons (Fsp3) is 0.208. The third-order valence-corrected chi connectivity index (χ3v) is 8.97. The maximum absolute atomic E-state index is 13.7. The lowest BCUT2D eigenvalue weighted by molar-refractivity contribution is 0.0985. The van der Waals surface area contributed by atoms with Crippen molar-refractivity contribution in [1.29, 1.82) is 0 Å². The number of thiazole rings is 1. The quantitative estimate of drug-likeness (QED) is 0.341. The lowest BCUT2D eigenvalue weighted by Crippen LogP contribution is -2.30. The van der Waals surface area contributed by atoms with Gasteiger partial charge in [0.25, 0.3) is 5.91 Å². The molecule has 0 fully saturated rings. The molecule has 0 saturated heterocycles. The first-order chi connectivity index (χ1) is 15.7. The number of hydrogen-bond acceptors (Lipinski definition) is 6. The minimum absolute atomic E-state index is 0.121. The monoisotopic (exact) mass is 499 g/mol. The fourth-order valence-corrected chi connectivity index (χ4v) is 5.76. The summed E-state index contributed by atoms with van der Waals surface area (Å²) < 4.78 is 26.1. The average Bonchev–Trinajstić information content (AvgIpc) is 3.27. The molecule has 0 aliphatic heterocycles. The van der Waals surface area contributed by atoms with E-state index in [1.165, 1.54) is 23.5 Å². The second kappa shape index (κ2) is 9.21. The minimum atomic E-state index is -3.52. The van der Waals surface area contributed by atoms with Crippen LogP contribution in [0.1, 0.15) is 35.3 Å². The van der Waals surface area contributed by atoms with Crippen LogP contribution in [0.15, 0.2) is 65.8 Å². The van der Waals surface area contributed by atoms with E-state index in [1.807, 2.05) is 31.2 Å². The summed E-state index contributed by atoms with van der Waals surface area (Å²) in [6.07, 6.45) is 3.32. The van der Waals surface area contributed by atoms with Crippen molar-refractivity contribution < 1.29 is 13.2 Å². The van der Waals surface area contributed by atoms with Crippen molar-refractivity contribution in [2.24, 2.45) is 0 Å². The van der Waals surface area contributed by atoms with E-state index in [0.29, 0.717) is 10.2 Å². The molecule has 2 aromatic carbocycles. The Balaban J connectivity index is 1.82. The Labute approximate surface area is 201 Å². The maximum atomic E-state index is 13.7. The third kappa shape index (κ3) is 4.64. The van der Waals surface area contributed by atoms with E-state index in [-0.39, 0.29) is 22.9 Å². The predicted octanol–water partition coefficient (Wildman–Crippen LogP) is 5.68. The summed E-state index contributed by atoms with van der Waals surface area (Å²) in [5, 5.41) is 0.464. The fourth-order valence-electron chi connectivity index (χ4n) is 3.34. The molecule has 1 amide bonds. The van der Waals surface area contributed by atoms with Crippen molar-refractivity contribution in [1.82, 2.24) is 9.97 Å². The highest BCUT2D eigenvalue weighted by atomic mass is 35.5. The van der Waals surface area contributed by atoms with Gasteiger partial charge in [-0.3, -0.25) is 14.7 Å². The largest absolute Gasteiger partial charge is 0.279 e. The van der Waals surface area contributed by atoms with E-state index in [4.69, 9.17) is 16.6 Å². The Morgan fingerprint density at radius 1 is 1.12 bits per heavy atom. The van der Waals surface area contributed by atoms with Gasteiger partial charge in [-0.1, -0.05) is 35.1 Å². The van der Waals surface area contributed by atoms with E-state index in [1.54, 1.807) is 43.3 Å². The van der Waals surface area contributed by atoms with Gasteiger partial charge in [-0.2, -0.15) is 0 Å². The van der Waals surface area contributed by atoms with E-state index in [0.717, 1.165) is 21.3 Å². The summed E-state index contributed by atoms with van der Waals surface area (Å²) in [5.74, 6) is -0.347. The van der Waals surface area contributed by atoms with Gasteiger partial charge in [0.1, 0.15) is 0 Å². The van der Waals surface area contributed by atoms with Crippen molar-refractivity contribution in [3.8, 4) is 0 Å². The Kier molecular flexibility index (Phi) is 6.52. The van der Waals surface area contributed by atoms with Crippen LogP contribution in [0, 0.1) is 6.92 Å². The number of anilines is 1. The zero-order valence-corrected chi connectivity index (χ0v) is 20.7. The molecule has 0 saturated carbocycles. The number of aromatic nitrogens is 2. The Bertz CT molecular complexity index is 1400. The minimum Gasteiger partial charge on any atom is -0.279 e. The van der Waals surface area contributed by atoms with Crippen LogP contribution in [0.5, 0.6) is 0 Å². The maximum Gasteiger partial charge on any atom is 0.260 e. The van der Waals surface area contributed by atoms with Crippen LogP contribution in [-0.4, -0.2) is 29.5 Å². The molecule has 0 N–H and O–H groups in total. The topological polar surface area (TPSA) is 80.2 Å². The SMILES string of the molecule is Cc1ccc(Cl)c2sc(N(Cc3ccncc3)C(=O)c3cccc(S(=O)(=O)C(C)C)c3)nc12. The van der Waals surface area contributed by atoms with Crippen LogP contribution in [0.2, 0.25) is 5.02 Å². The zero-order chi connectivity index (χ0) is 23.8.